The number of aromatic nitrogens is 1. The summed E-state index contributed by atoms with van der Waals surface area (Å²) in [5.74, 6) is 1.38. The van der Waals surface area contributed by atoms with Gasteiger partial charge >= 0.3 is 0 Å². The summed E-state index contributed by atoms with van der Waals surface area (Å²) < 4.78 is 11.0. The van der Waals surface area contributed by atoms with Crippen molar-refractivity contribution in [2.24, 2.45) is 0 Å². The van der Waals surface area contributed by atoms with E-state index >= 15 is 0 Å². The van der Waals surface area contributed by atoms with Gasteiger partial charge in [-0.2, -0.15) is 0 Å². The quantitative estimate of drug-likeness (QED) is 0.590. The standard InChI is InChI=1S/C19H14Cl2N2O3/c1-25-15-4-2-3-5-16(15)26-13-8-6-12(7-9-13)22-19(24)18-14(20)10-11-17(21)23-18/h2-11H,1H3,(H,22,24). The molecule has 0 aliphatic rings. The fourth-order valence-corrected chi connectivity index (χ4v) is 2.54. The molecule has 26 heavy (non-hydrogen) atoms. The number of carbonyl (C=O) groups excluding carboxylic acids is 1. The summed E-state index contributed by atoms with van der Waals surface area (Å²) >= 11 is 11.8. The topological polar surface area (TPSA) is 60.5 Å². The van der Waals surface area contributed by atoms with Gasteiger partial charge in [0.25, 0.3) is 5.91 Å². The maximum absolute atomic E-state index is 12.3. The van der Waals surface area contributed by atoms with Crippen LogP contribution < -0.4 is 14.8 Å². The van der Waals surface area contributed by atoms with Crippen LogP contribution in [0.4, 0.5) is 5.69 Å². The molecule has 1 aromatic heterocycles. The lowest BCUT2D eigenvalue weighted by atomic mass is 10.2. The Morgan fingerprint density at radius 1 is 0.962 bits per heavy atom. The van der Waals surface area contributed by atoms with Gasteiger partial charge in [-0.05, 0) is 48.5 Å². The molecule has 1 heterocycles. The van der Waals surface area contributed by atoms with E-state index in [0.29, 0.717) is 22.9 Å². The third-order valence-corrected chi connectivity index (χ3v) is 3.95. The number of anilines is 1. The normalized spacial score (nSPS) is 10.3. The van der Waals surface area contributed by atoms with E-state index in [2.05, 4.69) is 10.3 Å². The zero-order chi connectivity index (χ0) is 18.5. The lowest BCUT2D eigenvalue weighted by Gasteiger charge is -2.11. The van der Waals surface area contributed by atoms with Gasteiger partial charge in [0.15, 0.2) is 11.5 Å². The maximum Gasteiger partial charge on any atom is 0.275 e. The number of para-hydroxylation sites is 2. The summed E-state index contributed by atoms with van der Waals surface area (Å²) in [5.41, 5.74) is 0.633. The monoisotopic (exact) mass is 388 g/mol. The Hall–Kier alpha value is -2.76. The second kappa shape index (κ2) is 8.08. The number of nitrogens with zero attached hydrogens (tertiary/aromatic N) is 1. The SMILES string of the molecule is COc1ccccc1Oc1ccc(NC(=O)c2nc(Cl)ccc2Cl)cc1. The molecule has 0 saturated heterocycles. The molecule has 0 unspecified atom stereocenters. The largest absolute Gasteiger partial charge is 0.493 e. The fourth-order valence-electron chi connectivity index (χ4n) is 2.20. The number of carbonyl (C=O) groups is 1. The van der Waals surface area contributed by atoms with Crippen LogP contribution in [0.2, 0.25) is 10.2 Å². The first-order valence-corrected chi connectivity index (χ1v) is 8.37. The maximum atomic E-state index is 12.3. The number of pyridine rings is 1. The molecule has 0 spiro atoms. The van der Waals surface area contributed by atoms with Crippen molar-refractivity contribution in [1.82, 2.24) is 4.98 Å². The highest BCUT2D eigenvalue weighted by molar-refractivity contribution is 6.35. The summed E-state index contributed by atoms with van der Waals surface area (Å²) in [6.45, 7) is 0. The number of amides is 1. The first-order valence-electron chi connectivity index (χ1n) is 7.61. The lowest BCUT2D eigenvalue weighted by Crippen LogP contribution is -2.14. The molecule has 1 N–H and O–H groups in total. The summed E-state index contributed by atoms with van der Waals surface area (Å²) in [4.78, 5) is 16.2. The minimum atomic E-state index is -0.448. The van der Waals surface area contributed by atoms with Crippen molar-refractivity contribution in [3.63, 3.8) is 0 Å². The number of hydrogen-bond donors (Lipinski definition) is 1. The Labute approximate surface area is 160 Å². The van der Waals surface area contributed by atoms with Crippen molar-refractivity contribution in [3.8, 4) is 17.2 Å². The Morgan fingerprint density at radius 2 is 1.65 bits per heavy atom. The van der Waals surface area contributed by atoms with Gasteiger partial charge in [-0.3, -0.25) is 4.79 Å². The number of nitrogens with one attached hydrogen (secondary N) is 1. The van der Waals surface area contributed by atoms with E-state index in [4.69, 9.17) is 32.7 Å². The third kappa shape index (κ3) is 4.25. The van der Waals surface area contributed by atoms with Crippen molar-refractivity contribution in [3.05, 3.63) is 76.5 Å². The molecule has 1 amide bonds. The van der Waals surface area contributed by atoms with E-state index in [0.717, 1.165) is 0 Å². The number of ether oxygens (including phenoxy) is 2. The van der Waals surface area contributed by atoms with Crippen LogP contribution >= 0.6 is 23.2 Å². The van der Waals surface area contributed by atoms with Crippen molar-refractivity contribution in [2.75, 3.05) is 12.4 Å². The minimum absolute atomic E-state index is 0.0634. The van der Waals surface area contributed by atoms with Crippen LogP contribution in [0.3, 0.4) is 0 Å². The van der Waals surface area contributed by atoms with E-state index in [1.165, 1.54) is 12.1 Å². The van der Waals surface area contributed by atoms with Gasteiger partial charge < -0.3 is 14.8 Å². The molecular weight excluding hydrogens is 375 g/mol. The summed E-state index contributed by atoms with van der Waals surface area (Å²) in [6.07, 6.45) is 0. The molecule has 0 bridgehead atoms. The Morgan fingerprint density at radius 3 is 2.35 bits per heavy atom. The second-order valence-electron chi connectivity index (χ2n) is 5.20. The van der Waals surface area contributed by atoms with Crippen LogP contribution in [0.15, 0.2) is 60.7 Å². The highest BCUT2D eigenvalue weighted by Gasteiger charge is 2.13. The average molecular weight is 389 g/mol. The minimum Gasteiger partial charge on any atom is -0.493 e. The first-order chi connectivity index (χ1) is 12.6. The van der Waals surface area contributed by atoms with E-state index in [-0.39, 0.29) is 15.9 Å². The van der Waals surface area contributed by atoms with Gasteiger partial charge in [0.2, 0.25) is 0 Å². The number of hydrogen-bond acceptors (Lipinski definition) is 4. The van der Waals surface area contributed by atoms with Crippen molar-refractivity contribution in [1.29, 1.82) is 0 Å². The van der Waals surface area contributed by atoms with Gasteiger partial charge in [-0.25, -0.2) is 4.98 Å². The molecule has 7 heteroatoms. The van der Waals surface area contributed by atoms with Crippen molar-refractivity contribution < 1.29 is 14.3 Å². The predicted molar refractivity (Wildman–Crippen MR) is 102 cm³/mol. The second-order valence-corrected chi connectivity index (χ2v) is 5.99. The van der Waals surface area contributed by atoms with Crippen LogP contribution in [0.5, 0.6) is 17.2 Å². The predicted octanol–water partition coefficient (Wildman–Crippen LogP) is 5.44. The van der Waals surface area contributed by atoms with Crippen LogP contribution in [0.25, 0.3) is 0 Å². The van der Waals surface area contributed by atoms with Gasteiger partial charge in [0, 0.05) is 5.69 Å². The van der Waals surface area contributed by atoms with E-state index < -0.39 is 5.91 Å². The number of halogens is 2. The van der Waals surface area contributed by atoms with Gasteiger partial charge in [-0.15, -0.1) is 0 Å². The molecule has 3 aromatic rings. The first kappa shape index (κ1) is 18.0. The molecule has 5 nitrogen and oxygen atoms in total. The lowest BCUT2D eigenvalue weighted by molar-refractivity contribution is 0.102. The smallest absolute Gasteiger partial charge is 0.275 e. The van der Waals surface area contributed by atoms with Gasteiger partial charge in [0.1, 0.15) is 16.6 Å². The molecule has 2 aromatic carbocycles. The molecule has 3 rings (SSSR count). The zero-order valence-corrected chi connectivity index (χ0v) is 15.2. The Bertz CT molecular complexity index is 930. The molecule has 0 aliphatic heterocycles. The van der Waals surface area contributed by atoms with Crippen molar-refractivity contribution >= 4 is 34.8 Å². The number of benzene rings is 2. The molecule has 0 atom stereocenters. The fraction of sp³-hybridized carbons (Fsp3) is 0.0526. The van der Waals surface area contributed by atoms with Gasteiger partial charge in [-0.1, -0.05) is 35.3 Å². The molecule has 132 valence electrons. The summed E-state index contributed by atoms with van der Waals surface area (Å²) in [5, 5.41) is 3.13. The van der Waals surface area contributed by atoms with Crippen molar-refractivity contribution in [2.45, 2.75) is 0 Å². The molecule has 0 fully saturated rings. The number of rotatable bonds is 5. The zero-order valence-electron chi connectivity index (χ0n) is 13.7. The van der Waals surface area contributed by atoms with Gasteiger partial charge in [0.05, 0.1) is 12.1 Å². The van der Waals surface area contributed by atoms with E-state index in [1.807, 2.05) is 18.2 Å². The molecular formula is C19H14Cl2N2O3. The van der Waals surface area contributed by atoms with Crippen LogP contribution in [-0.4, -0.2) is 18.0 Å². The van der Waals surface area contributed by atoms with Crippen LogP contribution in [-0.2, 0) is 0 Å². The molecule has 0 saturated carbocycles. The molecule has 0 aliphatic carbocycles. The highest BCUT2D eigenvalue weighted by Crippen LogP contribution is 2.31. The van der Waals surface area contributed by atoms with Crippen LogP contribution in [0, 0.1) is 0 Å². The molecule has 0 radical (unpaired) electrons. The van der Waals surface area contributed by atoms with Crippen LogP contribution in [0.1, 0.15) is 10.5 Å². The Kier molecular flexibility index (Phi) is 5.61. The average Bonchev–Trinajstić information content (AvgIpc) is 2.65. The third-order valence-electron chi connectivity index (χ3n) is 3.44. The van der Waals surface area contributed by atoms with E-state index in [1.54, 1.807) is 37.4 Å². The summed E-state index contributed by atoms with van der Waals surface area (Å²) in [6, 6.07) is 17.3. The van der Waals surface area contributed by atoms with E-state index in [9.17, 15) is 4.79 Å². The Balaban J connectivity index is 1.71. The highest BCUT2D eigenvalue weighted by atomic mass is 35.5. The number of methoxy groups -OCH3 is 1. The summed E-state index contributed by atoms with van der Waals surface area (Å²) in [7, 11) is 1.58.